The molecule has 0 spiro atoms. The molecule has 0 amide bonds. The summed E-state index contributed by atoms with van der Waals surface area (Å²) in [6, 6.07) is 5.93. The molecular formula is C15H22BrNO3. The molecule has 0 heterocycles. The number of nitrogens with one attached hydrogen (secondary N) is 1. The Morgan fingerprint density at radius 1 is 1.40 bits per heavy atom. The minimum Gasteiger partial charge on any atom is -0.491 e. The molecule has 0 aliphatic carbocycles. The van der Waals surface area contributed by atoms with Crippen LogP contribution in [0, 0.1) is 5.92 Å². The van der Waals surface area contributed by atoms with Crippen molar-refractivity contribution in [1.29, 1.82) is 0 Å². The zero-order valence-electron chi connectivity index (χ0n) is 12.2. The molecule has 4 nitrogen and oxygen atoms in total. The van der Waals surface area contributed by atoms with Crippen molar-refractivity contribution in [3.63, 3.8) is 0 Å². The van der Waals surface area contributed by atoms with E-state index in [-0.39, 0.29) is 12.4 Å². The van der Waals surface area contributed by atoms with Crippen LogP contribution >= 0.6 is 15.9 Å². The largest absolute Gasteiger partial charge is 0.491 e. The molecule has 1 N–H and O–H groups in total. The molecular weight excluding hydrogens is 322 g/mol. The van der Waals surface area contributed by atoms with E-state index in [0.29, 0.717) is 12.5 Å². The lowest BCUT2D eigenvalue weighted by atomic mass is 10.2. The van der Waals surface area contributed by atoms with E-state index in [0.717, 1.165) is 28.9 Å². The summed E-state index contributed by atoms with van der Waals surface area (Å²) in [7, 11) is 1.38. The Balaban J connectivity index is 2.60. The smallest absolute Gasteiger partial charge is 0.308 e. The molecule has 0 saturated carbocycles. The fourth-order valence-corrected chi connectivity index (χ4v) is 2.21. The number of para-hydroxylation sites is 1. The quantitative estimate of drug-likeness (QED) is 0.736. The summed E-state index contributed by atoms with van der Waals surface area (Å²) in [5.74, 6) is 1.12. The summed E-state index contributed by atoms with van der Waals surface area (Å²) < 4.78 is 11.2. The maximum absolute atomic E-state index is 11.1. The van der Waals surface area contributed by atoms with Crippen molar-refractivity contribution in [2.24, 2.45) is 5.92 Å². The van der Waals surface area contributed by atoms with Crippen LogP contribution in [0.1, 0.15) is 25.8 Å². The number of ether oxygens (including phenoxy) is 2. The fraction of sp³-hybridized carbons (Fsp3) is 0.533. The maximum atomic E-state index is 11.1. The third-order valence-corrected chi connectivity index (χ3v) is 3.32. The first-order chi connectivity index (χ1) is 9.54. The molecule has 0 aliphatic rings. The Kier molecular flexibility index (Phi) is 7.62. The van der Waals surface area contributed by atoms with E-state index < -0.39 is 0 Å². The van der Waals surface area contributed by atoms with Crippen LogP contribution in [0.15, 0.2) is 22.7 Å². The lowest BCUT2D eigenvalue weighted by molar-refractivity contribution is -0.141. The number of hydrogen-bond acceptors (Lipinski definition) is 4. The predicted octanol–water partition coefficient (Wildman–Crippen LogP) is 3.14. The van der Waals surface area contributed by atoms with Gasteiger partial charge in [-0.05, 0) is 34.5 Å². The van der Waals surface area contributed by atoms with Crippen LogP contribution in [-0.4, -0.2) is 26.2 Å². The second-order valence-corrected chi connectivity index (χ2v) is 5.78. The number of methoxy groups -OCH3 is 1. The van der Waals surface area contributed by atoms with Crippen LogP contribution < -0.4 is 10.1 Å². The minimum absolute atomic E-state index is 0.247. The zero-order valence-corrected chi connectivity index (χ0v) is 13.8. The molecule has 1 rings (SSSR count). The molecule has 1 aromatic rings. The standard InChI is InChI=1S/C15H22BrNO3/c1-11(2)9-17-10-12-5-4-6-13(16)15(12)20-8-7-14(18)19-3/h4-6,11,17H,7-10H2,1-3H3. The van der Waals surface area contributed by atoms with Gasteiger partial charge in [0.15, 0.2) is 0 Å². The summed E-state index contributed by atoms with van der Waals surface area (Å²) in [6.45, 7) is 6.34. The normalized spacial score (nSPS) is 10.7. The van der Waals surface area contributed by atoms with E-state index in [1.807, 2.05) is 18.2 Å². The van der Waals surface area contributed by atoms with E-state index in [9.17, 15) is 4.79 Å². The first-order valence-corrected chi connectivity index (χ1v) is 7.51. The molecule has 0 bridgehead atoms. The van der Waals surface area contributed by atoms with Crippen molar-refractivity contribution in [3.8, 4) is 5.75 Å². The number of hydrogen-bond donors (Lipinski definition) is 1. The van der Waals surface area contributed by atoms with Gasteiger partial charge >= 0.3 is 5.97 Å². The van der Waals surface area contributed by atoms with E-state index in [1.165, 1.54) is 7.11 Å². The van der Waals surface area contributed by atoms with Crippen LogP contribution in [0.4, 0.5) is 0 Å². The molecule has 0 aromatic heterocycles. The third-order valence-electron chi connectivity index (χ3n) is 2.70. The van der Waals surface area contributed by atoms with Crippen molar-refractivity contribution in [2.45, 2.75) is 26.8 Å². The summed E-state index contributed by atoms with van der Waals surface area (Å²) in [5.41, 5.74) is 1.07. The molecule has 0 unspecified atom stereocenters. The highest BCUT2D eigenvalue weighted by Gasteiger charge is 2.09. The zero-order chi connectivity index (χ0) is 15.0. The Morgan fingerprint density at radius 3 is 2.80 bits per heavy atom. The maximum Gasteiger partial charge on any atom is 0.308 e. The average Bonchev–Trinajstić information content (AvgIpc) is 2.41. The number of benzene rings is 1. The molecule has 0 radical (unpaired) electrons. The number of carbonyl (C=O) groups excluding carboxylic acids is 1. The Morgan fingerprint density at radius 2 is 2.15 bits per heavy atom. The van der Waals surface area contributed by atoms with E-state index in [1.54, 1.807) is 0 Å². The van der Waals surface area contributed by atoms with E-state index >= 15 is 0 Å². The highest BCUT2D eigenvalue weighted by atomic mass is 79.9. The van der Waals surface area contributed by atoms with Crippen molar-refractivity contribution in [1.82, 2.24) is 5.32 Å². The van der Waals surface area contributed by atoms with Crippen LogP contribution in [0.25, 0.3) is 0 Å². The van der Waals surface area contributed by atoms with Gasteiger partial charge in [0, 0.05) is 12.1 Å². The molecule has 1 aromatic carbocycles. The second kappa shape index (κ2) is 8.97. The van der Waals surface area contributed by atoms with Crippen molar-refractivity contribution >= 4 is 21.9 Å². The highest BCUT2D eigenvalue weighted by molar-refractivity contribution is 9.10. The Hall–Kier alpha value is -1.07. The molecule has 0 aliphatic heterocycles. The van der Waals surface area contributed by atoms with Crippen molar-refractivity contribution in [3.05, 3.63) is 28.2 Å². The predicted molar refractivity (Wildman–Crippen MR) is 82.8 cm³/mol. The van der Waals surface area contributed by atoms with Gasteiger partial charge in [0.2, 0.25) is 0 Å². The summed E-state index contributed by atoms with van der Waals surface area (Å²) >= 11 is 3.48. The van der Waals surface area contributed by atoms with E-state index in [2.05, 4.69) is 39.8 Å². The first-order valence-electron chi connectivity index (χ1n) is 6.72. The van der Waals surface area contributed by atoms with Crippen LogP contribution in [0.3, 0.4) is 0 Å². The van der Waals surface area contributed by atoms with E-state index in [4.69, 9.17) is 4.74 Å². The van der Waals surface area contributed by atoms with Gasteiger partial charge in [0.25, 0.3) is 0 Å². The van der Waals surface area contributed by atoms with Crippen LogP contribution in [0.2, 0.25) is 0 Å². The van der Waals surface area contributed by atoms with Gasteiger partial charge in [-0.3, -0.25) is 4.79 Å². The SMILES string of the molecule is COC(=O)CCOc1c(Br)cccc1CNCC(C)C. The van der Waals surface area contributed by atoms with Crippen molar-refractivity contribution < 1.29 is 14.3 Å². The van der Waals surface area contributed by atoms with Crippen LogP contribution in [0.5, 0.6) is 5.75 Å². The second-order valence-electron chi connectivity index (χ2n) is 4.93. The number of halogens is 1. The average molecular weight is 344 g/mol. The summed E-state index contributed by atoms with van der Waals surface area (Å²) in [4.78, 5) is 11.1. The summed E-state index contributed by atoms with van der Waals surface area (Å²) in [6.07, 6.45) is 0.247. The van der Waals surface area contributed by atoms with Gasteiger partial charge in [-0.25, -0.2) is 0 Å². The van der Waals surface area contributed by atoms with Gasteiger partial charge in [-0.2, -0.15) is 0 Å². The van der Waals surface area contributed by atoms with Gasteiger partial charge in [-0.15, -0.1) is 0 Å². The number of carbonyl (C=O) groups is 1. The highest BCUT2D eigenvalue weighted by Crippen LogP contribution is 2.29. The molecule has 0 saturated heterocycles. The molecule has 20 heavy (non-hydrogen) atoms. The van der Waals surface area contributed by atoms with Gasteiger partial charge < -0.3 is 14.8 Å². The lowest BCUT2D eigenvalue weighted by Crippen LogP contribution is -2.19. The summed E-state index contributed by atoms with van der Waals surface area (Å²) in [5, 5.41) is 3.39. The van der Waals surface area contributed by atoms with Gasteiger partial charge in [-0.1, -0.05) is 26.0 Å². The van der Waals surface area contributed by atoms with Gasteiger partial charge in [0.05, 0.1) is 24.6 Å². The third kappa shape index (κ3) is 5.92. The fourth-order valence-electron chi connectivity index (χ4n) is 1.69. The number of esters is 1. The van der Waals surface area contributed by atoms with Gasteiger partial charge in [0.1, 0.15) is 5.75 Å². The molecule has 0 fully saturated rings. The monoisotopic (exact) mass is 343 g/mol. The first kappa shape index (κ1) is 17.0. The molecule has 0 atom stereocenters. The topological polar surface area (TPSA) is 47.6 Å². The Bertz CT molecular complexity index is 435. The molecule has 112 valence electrons. The minimum atomic E-state index is -0.267. The lowest BCUT2D eigenvalue weighted by Gasteiger charge is -2.14. The number of rotatable bonds is 8. The van der Waals surface area contributed by atoms with Crippen molar-refractivity contribution in [2.75, 3.05) is 20.3 Å². The molecule has 5 heteroatoms. The van der Waals surface area contributed by atoms with Crippen LogP contribution in [-0.2, 0) is 16.1 Å². The Labute approximate surface area is 129 Å².